The number of ketones is 2. The van der Waals surface area contributed by atoms with E-state index in [0.717, 1.165) is 0 Å². The van der Waals surface area contributed by atoms with Crippen LogP contribution >= 0.6 is 0 Å². The molecule has 0 spiro atoms. The van der Waals surface area contributed by atoms with E-state index in [0.29, 0.717) is 28.3 Å². The third-order valence-corrected chi connectivity index (χ3v) is 2.98. The summed E-state index contributed by atoms with van der Waals surface area (Å²) in [5, 5.41) is 4.10. The van der Waals surface area contributed by atoms with Crippen molar-refractivity contribution >= 4 is 11.6 Å². The first kappa shape index (κ1) is 13.3. The van der Waals surface area contributed by atoms with E-state index < -0.39 is 0 Å². The van der Waals surface area contributed by atoms with Crippen LogP contribution in [0, 0.1) is 20.8 Å². The van der Waals surface area contributed by atoms with Gasteiger partial charge in [-0.25, -0.2) is 0 Å². The Kier molecular flexibility index (Phi) is 3.38. The van der Waals surface area contributed by atoms with Crippen LogP contribution in [0.4, 0.5) is 0 Å². The van der Waals surface area contributed by atoms with E-state index in [1.807, 2.05) is 0 Å². The minimum Gasteiger partial charge on any atom is -0.466 e. The van der Waals surface area contributed by atoms with Crippen LogP contribution in [0.2, 0.25) is 0 Å². The topological polar surface area (TPSA) is 65.1 Å². The summed E-state index contributed by atoms with van der Waals surface area (Å²) in [5.41, 5.74) is 1.61. The van der Waals surface area contributed by atoms with Crippen molar-refractivity contribution in [1.29, 1.82) is 0 Å². The molecule has 2 rings (SSSR count). The van der Waals surface area contributed by atoms with Gasteiger partial charge >= 0.3 is 0 Å². The highest BCUT2D eigenvalue weighted by Crippen LogP contribution is 2.17. The first-order valence-electron chi connectivity index (χ1n) is 6.02. The molecule has 0 aliphatic carbocycles. The molecule has 0 aliphatic heterocycles. The Balaban J connectivity index is 2.18. The number of Topliss-reactive ketones (excluding diaryl/α,β-unsaturated/α-hetero) is 2. The highest BCUT2D eigenvalue weighted by Gasteiger charge is 2.20. The zero-order chi connectivity index (χ0) is 14.2. The third-order valence-electron chi connectivity index (χ3n) is 2.98. The van der Waals surface area contributed by atoms with Crippen LogP contribution in [0.5, 0.6) is 0 Å². The summed E-state index contributed by atoms with van der Waals surface area (Å²) in [4.78, 5) is 24.1. The number of aromatic nitrogens is 2. The fourth-order valence-electron chi connectivity index (χ4n) is 2.12. The molecule has 2 heterocycles. The monoisotopic (exact) mass is 260 g/mol. The van der Waals surface area contributed by atoms with E-state index in [1.165, 1.54) is 0 Å². The molecule has 0 fully saturated rings. The van der Waals surface area contributed by atoms with Gasteiger partial charge in [0.05, 0.1) is 23.2 Å². The molecule has 0 bridgehead atoms. The first-order valence-corrected chi connectivity index (χ1v) is 6.02. The van der Waals surface area contributed by atoms with Crippen LogP contribution in [-0.2, 0) is 7.05 Å². The molecule has 0 amide bonds. The second-order valence-corrected chi connectivity index (χ2v) is 4.65. The minimum absolute atomic E-state index is 0.160. The lowest BCUT2D eigenvalue weighted by Crippen LogP contribution is -2.09. The SMILES string of the molecule is Cc1cc(C(=O)CC(=O)c2cn(C)nc2C)c(C)o1. The van der Waals surface area contributed by atoms with Crippen LogP contribution < -0.4 is 0 Å². The summed E-state index contributed by atoms with van der Waals surface area (Å²) in [6, 6.07) is 1.67. The molecule has 2 aromatic heterocycles. The van der Waals surface area contributed by atoms with Gasteiger partial charge in [0.1, 0.15) is 11.5 Å². The van der Waals surface area contributed by atoms with Gasteiger partial charge in [-0.05, 0) is 26.8 Å². The van der Waals surface area contributed by atoms with Gasteiger partial charge in [0.2, 0.25) is 0 Å². The van der Waals surface area contributed by atoms with E-state index in [4.69, 9.17) is 4.42 Å². The van der Waals surface area contributed by atoms with Gasteiger partial charge in [0.15, 0.2) is 11.6 Å². The molecule has 0 aromatic carbocycles. The summed E-state index contributed by atoms with van der Waals surface area (Å²) in [5.74, 6) is 0.792. The van der Waals surface area contributed by atoms with E-state index in [1.54, 1.807) is 44.8 Å². The van der Waals surface area contributed by atoms with Crippen molar-refractivity contribution in [3.05, 3.63) is 40.6 Å². The van der Waals surface area contributed by atoms with Crippen molar-refractivity contribution in [3.8, 4) is 0 Å². The molecule has 0 saturated heterocycles. The van der Waals surface area contributed by atoms with Crippen LogP contribution in [0.25, 0.3) is 0 Å². The predicted octanol–water partition coefficient (Wildman–Crippen LogP) is 2.39. The standard InChI is InChI=1S/C14H16N2O3/c1-8-5-11(10(3)19-8)13(17)6-14(18)12-7-16(4)15-9(12)2/h5,7H,6H2,1-4H3. The molecule has 0 N–H and O–H groups in total. The zero-order valence-corrected chi connectivity index (χ0v) is 11.5. The second kappa shape index (κ2) is 4.84. The Morgan fingerprint density at radius 3 is 2.32 bits per heavy atom. The molecule has 0 aliphatic rings. The Hall–Kier alpha value is -2.17. The van der Waals surface area contributed by atoms with Gasteiger partial charge < -0.3 is 4.42 Å². The van der Waals surface area contributed by atoms with Crippen molar-refractivity contribution in [2.75, 3.05) is 0 Å². The van der Waals surface area contributed by atoms with Crippen molar-refractivity contribution < 1.29 is 14.0 Å². The lowest BCUT2D eigenvalue weighted by atomic mass is 10.0. The molecule has 0 atom stereocenters. The van der Waals surface area contributed by atoms with E-state index >= 15 is 0 Å². The van der Waals surface area contributed by atoms with E-state index in [9.17, 15) is 9.59 Å². The molecule has 0 saturated carbocycles. The van der Waals surface area contributed by atoms with Gasteiger partial charge in [0, 0.05) is 13.2 Å². The number of aryl methyl sites for hydroxylation is 4. The van der Waals surface area contributed by atoms with Crippen molar-refractivity contribution in [1.82, 2.24) is 9.78 Å². The number of carbonyl (C=O) groups is 2. The van der Waals surface area contributed by atoms with E-state index in [2.05, 4.69) is 5.10 Å². The average Bonchev–Trinajstić information content (AvgIpc) is 2.81. The summed E-state index contributed by atoms with van der Waals surface area (Å²) < 4.78 is 6.87. The maximum absolute atomic E-state index is 12.1. The summed E-state index contributed by atoms with van der Waals surface area (Å²) in [6.07, 6.45) is 1.48. The minimum atomic E-state index is -0.220. The average molecular weight is 260 g/mol. The normalized spacial score (nSPS) is 10.7. The smallest absolute Gasteiger partial charge is 0.174 e. The highest BCUT2D eigenvalue weighted by atomic mass is 16.3. The number of furan rings is 1. The van der Waals surface area contributed by atoms with Crippen molar-refractivity contribution in [2.45, 2.75) is 27.2 Å². The molecule has 0 unspecified atom stereocenters. The van der Waals surface area contributed by atoms with Crippen LogP contribution in [0.3, 0.4) is 0 Å². The van der Waals surface area contributed by atoms with Gasteiger partial charge in [-0.15, -0.1) is 0 Å². The molecule has 5 nitrogen and oxygen atoms in total. The largest absolute Gasteiger partial charge is 0.466 e. The number of hydrogen-bond donors (Lipinski definition) is 0. The zero-order valence-electron chi connectivity index (χ0n) is 11.5. The Labute approximate surface area is 111 Å². The third kappa shape index (κ3) is 2.65. The van der Waals surface area contributed by atoms with Crippen LogP contribution in [-0.4, -0.2) is 21.3 Å². The Morgan fingerprint density at radius 1 is 1.21 bits per heavy atom. The van der Waals surface area contributed by atoms with Gasteiger partial charge in [-0.1, -0.05) is 0 Å². The molecule has 5 heteroatoms. The van der Waals surface area contributed by atoms with E-state index in [-0.39, 0.29) is 18.0 Å². The summed E-state index contributed by atoms with van der Waals surface area (Å²) >= 11 is 0. The van der Waals surface area contributed by atoms with Crippen molar-refractivity contribution in [3.63, 3.8) is 0 Å². The first-order chi connectivity index (χ1) is 8.88. The summed E-state index contributed by atoms with van der Waals surface area (Å²) in [6.45, 7) is 5.25. The highest BCUT2D eigenvalue weighted by molar-refractivity contribution is 6.14. The number of nitrogens with zero attached hydrogens (tertiary/aromatic N) is 2. The van der Waals surface area contributed by atoms with Gasteiger partial charge in [-0.2, -0.15) is 5.10 Å². The van der Waals surface area contributed by atoms with Gasteiger partial charge in [0.25, 0.3) is 0 Å². The summed E-state index contributed by atoms with van der Waals surface area (Å²) in [7, 11) is 1.75. The Morgan fingerprint density at radius 2 is 1.84 bits per heavy atom. The molecule has 0 radical (unpaired) electrons. The predicted molar refractivity (Wildman–Crippen MR) is 69.4 cm³/mol. The Bertz CT molecular complexity index is 593. The molecule has 19 heavy (non-hydrogen) atoms. The second-order valence-electron chi connectivity index (χ2n) is 4.65. The molecule has 100 valence electrons. The number of hydrogen-bond acceptors (Lipinski definition) is 4. The molecule has 2 aromatic rings. The number of rotatable bonds is 4. The fraction of sp³-hybridized carbons (Fsp3) is 0.357. The maximum atomic E-state index is 12.1. The molecular formula is C14H16N2O3. The quantitative estimate of drug-likeness (QED) is 0.625. The number of carbonyl (C=O) groups excluding carboxylic acids is 2. The van der Waals surface area contributed by atoms with Crippen LogP contribution in [0.1, 0.15) is 44.4 Å². The van der Waals surface area contributed by atoms with Crippen molar-refractivity contribution in [2.24, 2.45) is 7.05 Å². The maximum Gasteiger partial charge on any atom is 0.174 e. The van der Waals surface area contributed by atoms with Gasteiger partial charge in [-0.3, -0.25) is 14.3 Å². The fourth-order valence-corrected chi connectivity index (χ4v) is 2.12. The lowest BCUT2D eigenvalue weighted by molar-refractivity contribution is 0.0893. The lowest BCUT2D eigenvalue weighted by Gasteiger charge is -1.98. The van der Waals surface area contributed by atoms with Crippen LogP contribution in [0.15, 0.2) is 16.7 Å². The molecular weight excluding hydrogens is 244 g/mol.